The first-order chi connectivity index (χ1) is 1.41. The Bertz CT molecular complexity index is 6.00. The minimum absolute atomic E-state index is 0. The van der Waals surface area contributed by atoms with Crippen molar-refractivity contribution in [2.24, 2.45) is 5.73 Å². The third kappa shape index (κ3) is 96.4. The molecule has 0 aromatic carbocycles. The van der Waals surface area contributed by atoms with Gasteiger partial charge in [-0.15, -0.1) is 0 Å². The highest BCUT2D eigenvalue weighted by molar-refractivity contribution is 5.75. The molecule has 0 aliphatic carbocycles. The third-order valence-corrected chi connectivity index (χ3v) is 0. The molecule has 0 amide bonds. The topological polar surface area (TPSA) is 26.0 Å². The maximum Gasteiger partial charge on any atom is -0.0106 e. The average Bonchev–Trinajstić information content (AvgIpc) is 0.918. The summed E-state index contributed by atoms with van der Waals surface area (Å²) < 4.78 is 0. The number of hydrogen-bond donors (Lipinski definition) is 1. The molecule has 0 aliphatic heterocycles. The number of hydrogen-bond acceptors (Lipinski definition) is 1. The van der Waals surface area contributed by atoms with Crippen molar-refractivity contribution in [3.05, 3.63) is 0 Å². The van der Waals surface area contributed by atoms with Crippen LogP contribution >= 0.6 is 0 Å². The molecule has 0 atom stereocenters. The highest BCUT2D eigenvalue weighted by atomic mass is 28.1. The van der Waals surface area contributed by atoms with Crippen LogP contribution in [0.25, 0.3) is 0 Å². The van der Waals surface area contributed by atoms with Crippen LogP contribution in [0.5, 0.6) is 0 Å². The average molecular weight is 77.2 g/mol. The van der Waals surface area contributed by atoms with Gasteiger partial charge in [-0.3, -0.25) is 0 Å². The molecule has 0 aliphatic rings. The van der Waals surface area contributed by atoms with Crippen molar-refractivity contribution in [1.29, 1.82) is 0 Å². The molecule has 0 saturated heterocycles. The van der Waals surface area contributed by atoms with Gasteiger partial charge in [-0.2, -0.15) is 0 Å². The van der Waals surface area contributed by atoms with Crippen LogP contribution in [0, 0.1) is 0 Å². The first-order valence-corrected chi connectivity index (χ1v) is 1.12. The molecular weight excluding hydrogens is 66.1 g/mol. The lowest BCUT2D eigenvalue weighted by atomic mass is 10.8. The number of nitrogens with two attached hydrogens (primary N) is 1. The van der Waals surface area contributed by atoms with E-state index in [1.807, 2.05) is 6.92 Å². The van der Waals surface area contributed by atoms with Crippen LogP contribution in [0.15, 0.2) is 0 Å². The molecule has 0 rings (SSSR count). The Morgan fingerprint density at radius 3 is 1.75 bits per heavy atom. The zero-order valence-corrected chi connectivity index (χ0v) is 2.28. The third-order valence-electron chi connectivity index (χ3n) is 0. The molecule has 0 aromatic heterocycles. The second-order valence-electron chi connectivity index (χ2n) is 0.408. The molecule has 0 radical (unpaired) electrons. The van der Waals surface area contributed by atoms with Crippen molar-refractivity contribution < 1.29 is 0 Å². The fraction of sp³-hybridized carbons (Fsp3) is 1.00. The highest BCUT2D eigenvalue weighted by Crippen LogP contribution is 1.20. The molecule has 0 spiro atoms. The van der Waals surface area contributed by atoms with E-state index in [4.69, 9.17) is 5.73 Å². The van der Waals surface area contributed by atoms with Crippen LogP contribution in [0.2, 0.25) is 0 Å². The molecule has 0 unspecified atom stereocenters. The van der Waals surface area contributed by atoms with E-state index in [9.17, 15) is 0 Å². The summed E-state index contributed by atoms with van der Waals surface area (Å²) in [5.41, 5.74) is 4.85. The molecule has 0 aromatic rings. The molecule has 2 heteroatoms. The molecule has 0 saturated carbocycles. The Morgan fingerprint density at radius 2 is 1.75 bits per heavy atom. The molecular formula is C2H11NSi. The van der Waals surface area contributed by atoms with Gasteiger partial charge in [0.25, 0.3) is 0 Å². The van der Waals surface area contributed by atoms with Crippen molar-refractivity contribution >= 4 is 11.0 Å². The Kier molecular flexibility index (Phi) is 24.2. The molecule has 2 N–H and O–H groups in total. The van der Waals surface area contributed by atoms with Crippen molar-refractivity contribution in [2.45, 2.75) is 6.92 Å². The Morgan fingerprint density at radius 1 is 1.75 bits per heavy atom. The van der Waals surface area contributed by atoms with Crippen LogP contribution in [0.3, 0.4) is 0 Å². The molecule has 0 heterocycles. The maximum absolute atomic E-state index is 4.85. The summed E-state index contributed by atoms with van der Waals surface area (Å²) in [5, 5.41) is 0. The summed E-state index contributed by atoms with van der Waals surface area (Å²) in [4.78, 5) is 0. The van der Waals surface area contributed by atoms with Gasteiger partial charge in [0, 0.05) is 0 Å². The van der Waals surface area contributed by atoms with E-state index in [1.54, 1.807) is 0 Å². The van der Waals surface area contributed by atoms with E-state index in [0.717, 1.165) is 6.54 Å². The largest absolute Gasteiger partial charge is 0.331 e. The zero-order valence-electron chi connectivity index (χ0n) is 2.28. The van der Waals surface area contributed by atoms with Crippen molar-refractivity contribution in [2.75, 3.05) is 6.54 Å². The minimum Gasteiger partial charge on any atom is -0.331 e. The first-order valence-electron chi connectivity index (χ1n) is 1.12. The maximum atomic E-state index is 4.85. The summed E-state index contributed by atoms with van der Waals surface area (Å²) in [6.07, 6.45) is 0. The van der Waals surface area contributed by atoms with Gasteiger partial charge in [0.05, 0.1) is 0 Å². The summed E-state index contributed by atoms with van der Waals surface area (Å²) >= 11 is 0. The van der Waals surface area contributed by atoms with Crippen LogP contribution in [-0.2, 0) is 0 Å². The van der Waals surface area contributed by atoms with Crippen LogP contribution in [0.1, 0.15) is 6.92 Å². The molecule has 0 fully saturated rings. The van der Waals surface area contributed by atoms with Crippen molar-refractivity contribution in [1.82, 2.24) is 0 Å². The van der Waals surface area contributed by atoms with E-state index in [-0.39, 0.29) is 11.0 Å². The summed E-state index contributed by atoms with van der Waals surface area (Å²) in [5.74, 6) is 0. The molecule has 28 valence electrons. The minimum atomic E-state index is 0. The Hall–Kier alpha value is 0.177. The fourth-order valence-corrected chi connectivity index (χ4v) is 0. The van der Waals surface area contributed by atoms with E-state index >= 15 is 0 Å². The van der Waals surface area contributed by atoms with Crippen LogP contribution < -0.4 is 5.73 Å². The number of rotatable bonds is 0. The zero-order chi connectivity index (χ0) is 2.71. The molecule has 4 heavy (non-hydrogen) atoms. The van der Waals surface area contributed by atoms with E-state index in [2.05, 4.69) is 0 Å². The summed E-state index contributed by atoms with van der Waals surface area (Å²) in [7, 11) is 0. The van der Waals surface area contributed by atoms with Crippen molar-refractivity contribution in [3.63, 3.8) is 0 Å². The van der Waals surface area contributed by atoms with Gasteiger partial charge in [-0.05, 0) is 17.5 Å². The van der Waals surface area contributed by atoms with Gasteiger partial charge >= 0.3 is 0 Å². The van der Waals surface area contributed by atoms with Gasteiger partial charge in [-0.25, -0.2) is 0 Å². The fourth-order valence-electron chi connectivity index (χ4n) is 0. The molecule has 0 bridgehead atoms. The second kappa shape index (κ2) is 10.9. The first kappa shape index (κ1) is 8.90. The predicted molar refractivity (Wildman–Crippen MR) is 26.1 cm³/mol. The van der Waals surface area contributed by atoms with Gasteiger partial charge in [0.2, 0.25) is 0 Å². The van der Waals surface area contributed by atoms with Crippen LogP contribution in [0.4, 0.5) is 0 Å². The van der Waals surface area contributed by atoms with Gasteiger partial charge in [-0.1, -0.05) is 6.92 Å². The van der Waals surface area contributed by atoms with Gasteiger partial charge < -0.3 is 5.73 Å². The highest BCUT2D eigenvalue weighted by Gasteiger charge is 1.32. The summed E-state index contributed by atoms with van der Waals surface area (Å²) in [6, 6.07) is 0. The Labute approximate surface area is 31.2 Å². The SMILES string of the molecule is CCN.[SiH4]. The van der Waals surface area contributed by atoms with E-state index in [1.165, 1.54) is 0 Å². The predicted octanol–water partition coefficient (Wildman–Crippen LogP) is -1.49. The lowest BCUT2D eigenvalue weighted by Gasteiger charge is -1.53. The molecule has 1 nitrogen and oxygen atoms in total. The van der Waals surface area contributed by atoms with Gasteiger partial charge in [0.15, 0.2) is 0 Å². The van der Waals surface area contributed by atoms with E-state index in [0.29, 0.717) is 0 Å². The normalized spacial score (nSPS) is 4.50. The lowest BCUT2D eigenvalue weighted by Crippen LogP contribution is -1.87. The smallest absolute Gasteiger partial charge is 0.0106 e. The second-order valence-corrected chi connectivity index (χ2v) is 0.408. The lowest BCUT2D eigenvalue weighted by molar-refractivity contribution is 1.14. The monoisotopic (exact) mass is 77.1 g/mol. The van der Waals surface area contributed by atoms with Crippen LogP contribution in [-0.4, -0.2) is 17.5 Å². The van der Waals surface area contributed by atoms with Crippen molar-refractivity contribution in [3.8, 4) is 0 Å². The standard InChI is InChI=1S/C2H7N.H4Si/c1-2-3;/h2-3H2,1H3;1H4. The van der Waals surface area contributed by atoms with Gasteiger partial charge in [0.1, 0.15) is 0 Å². The summed E-state index contributed by atoms with van der Waals surface area (Å²) in [6.45, 7) is 2.65. The Balaban J connectivity index is 0. The quantitative estimate of drug-likeness (QED) is 0.350. The van der Waals surface area contributed by atoms with E-state index < -0.39 is 0 Å².